The van der Waals surface area contributed by atoms with Crippen LogP contribution in [0.3, 0.4) is 0 Å². The van der Waals surface area contributed by atoms with Gasteiger partial charge in [0.2, 0.25) is 11.8 Å². The predicted molar refractivity (Wildman–Crippen MR) is 86.0 cm³/mol. The highest BCUT2D eigenvalue weighted by atomic mass is 32.1. The highest BCUT2D eigenvalue weighted by molar-refractivity contribution is 7.15. The summed E-state index contributed by atoms with van der Waals surface area (Å²) in [5.41, 5.74) is -0.760. The monoisotopic (exact) mass is 322 g/mol. The smallest absolute Gasteiger partial charge is 0.238 e. The van der Waals surface area contributed by atoms with Crippen LogP contribution in [0.25, 0.3) is 0 Å². The van der Waals surface area contributed by atoms with Gasteiger partial charge in [-0.2, -0.15) is 0 Å². The Balaban J connectivity index is 1.62. The molecule has 2 heterocycles. The number of rotatable bonds is 3. The van der Waals surface area contributed by atoms with Gasteiger partial charge in [-0.3, -0.25) is 9.59 Å². The summed E-state index contributed by atoms with van der Waals surface area (Å²) in [6.07, 6.45) is 3.26. The van der Waals surface area contributed by atoms with Crippen molar-refractivity contribution in [2.24, 2.45) is 5.41 Å². The SMILES string of the molecule is Cc1cnc(N2CCN(C(=O)C3(C(=O)N(C)C)CC3)CC2)s1. The Morgan fingerprint density at radius 2 is 1.86 bits per heavy atom. The lowest BCUT2D eigenvalue weighted by molar-refractivity contribution is -0.148. The van der Waals surface area contributed by atoms with Crippen LogP contribution in [0.15, 0.2) is 6.20 Å². The van der Waals surface area contributed by atoms with Crippen molar-refractivity contribution in [3.05, 3.63) is 11.1 Å². The van der Waals surface area contributed by atoms with E-state index < -0.39 is 5.41 Å². The van der Waals surface area contributed by atoms with Crippen molar-refractivity contribution in [3.8, 4) is 0 Å². The number of carbonyl (C=O) groups excluding carboxylic acids is 2. The molecule has 1 saturated carbocycles. The molecular formula is C15H22N4O2S. The summed E-state index contributed by atoms with van der Waals surface area (Å²) in [7, 11) is 3.44. The van der Waals surface area contributed by atoms with E-state index >= 15 is 0 Å². The minimum Gasteiger partial charge on any atom is -0.348 e. The summed E-state index contributed by atoms with van der Waals surface area (Å²) < 4.78 is 0. The molecule has 0 unspecified atom stereocenters. The molecule has 0 aromatic carbocycles. The Morgan fingerprint density at radius 3 is 2.32 bits per heavy atom. The second kappa shape index (κ2) is 5.53. The van der Waals surface area contributed by atoms with Gasteiger partial charge in [0.25, 0.3) is 0 Å². The van der Waals surface area contributed by atoms with E-state index in [1.807, 2.05) is 18.0 Å². The number of piperazine rings is 1. The zero-order chi connectivity index (χ0) is 15.9. The molecule has 2 fully saturated rings. The Morgan fingerprint density at radius 1 is 1.23 bits per heavy atom. The van der Waals surface area contributed by atoms with Gasteiger partial charge in [-0.05, 0) is 19.8 Å². The molecule has 1 aliphatic carbocycles. The van der Waals surface area contributed by atoms with E-state index in [1.54, 1.807) is 30.3 Å². The average molecular weight is 322 g/mol. The first-order chi connectivity index (χ1) is 10.4. The topological polar surface area (TPSA) is 56.8 Å². The minimum absolute atomic E-state index is 0.0150. The third-order valence-corrected chi connectivity index (χ3v) is 5.39. The molecular weight excluding hydrogens is 300 g/mol. The fraction of sp³-hybridized carbons (Fsp3) is 0.667. The number of hydrogen-bond donors (Lipinski definition) is 0. The van der Waals surface area contributed by atoms with Crippen molar-refractivity contribution in [2.75, 3.05) is 45.2 Å². The third kappa shape index (κ3) is 2.58. The summed E-state index contributed by atoms with van der Waals surface area (Å²) in [5.74, 6) is -0.0309. The van der Waals surface area contributed by atoms with E-state index in [-0.39, 0.29) is 11.8 Å². The van der Waals surface area contributed by atoms with Crippen LogP contribution in [0.5, 0.6) is 0 Å². The van der Waals surface area contributed by atoms with Gasteiger partial charge >= 0.3 is 0 Å². The quantitative estimate of drug-likeness (QED) is 0.778. The molecule has 6 nitrogen and oxygen atoms in total. The van der Waals surface area contributed by atoms with Gasteiger partial charge < -0.3 is 14.7 Å². The molecule has 0 atom stereocenters. The van der Waals surface area contributed by atoms with E-state index in [2.05, 4.69) is 9.88 Å². The molecule has 1 saturated heterocycles. The normalized spacial score (nSPS) is 20.0. The lowest BCUT2D eigenvalue weighted by atomic mass is 10.0. The highest BCUT2D eigenvalue weighted by Crippen LogP contribution is 2.48. The van der Waals surface area contributed by atoms with E-state index in [0.29, 0.717) is 25.9 Å². The number of thiazole rings is 1. The van der Waals surface area contributed by atoms with Crippen molar-refractivity contribution in [2.45, 2.75) is 19.8 Å². The Labute approximate surface area is 134 Å². The van der Waals surface area contributed by atoms with Gasteiger partial charge in [0, 0.05) is 51.3 Å². The first kappa shape index (κ1) is 15.3. The van der Waals surface area contributed by atoms with E-state index in [4.69, 9.17) is 0 Å². The van der Waals surface area contributed by atoms with Crippen molar-refractivity contribution in [3.63, 3.8) is 0 Å². The zero-order valence-electron chi connectivity index (χ0n) is 13.3. The van der Waals surface area contributed by atoms with Gasteiger partial charge in [0.05, 0.1) is 0 Å². The molecule has 0 spiro atoms. The van der Waals surface area contributed by atoms with Crippen LogP contribution in [-0.2, 0) is 9.59 Å². The van der Waals surface area contributed by atoms with Crippen molar-refractivity contribution < 1.29 is 9.59 Å². The standard InChI is InChI=1S/C15H22N4O2S/c1-11-10-16-14(22-11)19-8-6-18(7-9-19)13(21)15(4-5-15)12(20)17(2)3/h10H,4-9H2,1-3H3. The van der Waals surface area contributed by atoms with Crippen LogP contribution in [0.2, 0.25) is 0 Å². The maximum Gasteiger partial charge on any atom is 0.238 e. The zero-order valence-corrected chi connectivity index (χ0v) is 14.2. The lowest BCUT2D eigenvalue weighted by Crippen LogP contribution is -2.53. The van der Waals surface area contributed by atoms with Crippen LogP contribution in [0, 0.1) is 12.3 Å². The highest BCUT2D eigenvalue weighted by Gasteiger charge is 2.58. The first-order valence-electron chi connectivity index (χ1n) is 7.62. The van der Waals surface area contributed by atoms with Crippen LogP contribution in [0.1, 0.15) is 17.7 Å². The molecule has 0 N–H and O–H groups in total. The fourth-order valence-electron chi connectivity index (χ4n) is 2.96. The van der Waals surface area contributed by atoms with Gasteiger partial charge in [0.15, 0.2) is 5.13 Å². The molecule has 22 heavy (non-hydrogen) atoms. The Hall–Kier alpha value is -1.63. The van der Waals surface area contributed by atoms with Crippen molar-refractivity contribution >= 4 is 28.3 Å². The number of aryl methyl sites for hydroxylation is 1. The molecule has 2 aliphatic rings. The van der Waals surface area contributed by atoms with Crippen LogP contribution in [-0.4, -0.2) is 66.9 Å². The third-order valence-electron chi connectivity index (χ3n) is 4.42. The van der Waals surface area contributed by atoms with Gasteiger partial charge in [-0.25, -0.2) is 4.98 Å². The minimum atomic E-state index is -0.760. The summed E-state index contributed by atoms with van der Waals surface area (Å²) in [5, 5.41) is 1.02. The average Bonchev–Trinajstić information content (AvgIpc) is 3.21. The van der Waals surface area contributed by atoms with Crippen LogP contribution >= 0.6 is 11.3 Å². The Kier molecular flexibility index (Phi) is 3.84. The predicted octanol–water partition coefficient (Wildman–Crippen LogP) is 0.969. The summed E-state index contributed by atoms with van der Waals surface area (Å²) in [6, 6.07) is 0. The van der Waals surface area contributed by atoms with Crippen LogP contribution in [0.4, 0.5) is 5.13 Å². The van der Waals surface area contributed by atoms with Gasteiger partial charge in [0.1, 0.15) is 5.41 Å². The van der Waals surface area contributed by atoms with Crippen LogP contribution < -0.4 is 4.90 Å². The van der Waals surface area contributed by atoms with Crippen molar-refractivity contribution in [1.82, 2.24) is 14.8 Å². The molecule has 1 aliphatic heterocycles. The second-order valence-corrected chi connectivity index (χ2v) is 7.53. The molecule has 0 radical (unpaired) electrons. The Bertz CT molecular complexity index is 586. The van der Waals surface area contributed by atoms with E-state index in [0.717, 1.165) is 18.2 Å². The second-order valence-electron chi connectivity index (χ2n) is 6.31. The maximum atomic E-state index is 12.7. The molecule has 120 valence electrons. The number of hydrogen-bond acceptors (Lipinski definition) is 5. The molecule has 0 bridgehead atoms. The number of carbonyl (C=O) groups is 2. The van der Waals surface area contributed by atoms with Crippen molar-refractivity contribution in [1.29, 1.82) is 0 Å². The molecule has 1 aromatic rings. The first-order valence-corrected chi connectivity index (χ1v) is 8.44. The largest absolute Gasteiger partial charge is 0.348 e. The summed E-state index contributed by atoms with van der Waals surface area (Å²) >= 11 is 1.68. The fourth-order valence-corrected chi connectivity index (χ4v) is 3.78. The van der Waals surface area contributed by atoms with Gasteiger partial charge in [-0.1, -0.05) is 0 Å². The number of anilines is 1. The summed E-state index contributed by atoms with van der Waals surface area (Å²) in [6.45, 7) is 4.94. The number of nitrogens with zero attached hydrogens (tertiary/aromatic N) is 4. The van der Waals surface area contributed by atoms with Gasteiger partial charge in [-0.15, -0.1) is 11.3 Å². The molecule has 2 amide bonds. The van der Waals surface area contributed by atoms with E-state index in [1.165, 1.54) is 4.88 Å². The molecule has 3 rings (SSSR count). The molecule has 7 heteroatoms. The molecule has 1 aromatic heterocycles. The summed E-state index contributed by atoms with van der Waals surface area (Å²) in [4.78, 5) is 36.2. The maximum absolute atomic E-state index is 12.7. The lowest BCUT2D eigenvalue weighted by Gasteiger charge is -2.36. The van der Waals surface area contributed by atoms with E-state index in [9.17, 15) is 9.59 Å². The number of amides is 2. The number of aromatic nitrogens is 1.